The van der Waals surface area contributed by atoms with Crippen molar-refractivity contribution < 1.29 is 4.79 Å². The van der Waals surface area contributed by atoms with Gasteiger partial charge in [0.1, 0.15) is 5.82 Å². The number of H-pyrrole nitrogens is 1. The quantitative estimate of drug-likeness (QED) is 0.942. The Kier molecular flexibility index (Phi) is 3.95. The van der Waals surface area contributed by atoms with Crippen LogP contribution in [0.5, 0.6) is 0 Å². The largest absolute Gasteiger partial charge is 0.342 e. The summed E-state index contributed by atoms with van der Waals surface area (Å²) in [6.07, 6.45) is 3.76. The molecule has 4 nitrogen and oxygen atoms in total. The SMILES string of the molecule is CCc1nc2ccc(CC(=O)N3CCCC(C)C3)cc2[nH]1. The third kappa shape index (κ3) is 3.09. The van der Waals surface area contributed by atoms with E-state index in [2.05, 4.69) is 29.9 Å². The Morgan fingerprint density at radius 3 is 3.10 bits per heavy atom. The van der Waals surface area contributed by atoms with Gasteiger partial charge in [0.05, 0.1) is 17.5 Å². The Bertz CT molecular complexity index is 647. The molecule has 2 aromatic rings. The van der Waals surface area contributed by atoms with Crippen LogP contribution in [0.1, 0.15) is 38.1 Å². The minimum atomic E-state index is 0.246. The summed E-state index contributed by atoms with van der Waals surface area (Å²) in [6, 6.07) is 6.09. The summed E-state index contributed by atoms with van der Waals surface area (Å²) in [7, 11) is 0. The van der Waals surface area contributed by atoms with Gasteiger partial charge in [-0.15, -0.1) is 0 Å². The van der Waals surface area contributed by atoms with Crippen LogP contribution in [0.2, 0.25) is 0 Å². The highest BCUT2D eigenvalue weighted by Gasteiger charge is 2.21. The Hall–Kier alpha value is -1.84. The predicted molar refractivity (Wildman–Crippen MR) is 84.2 cm³/mol. The second-order valence-electron chi connectivity index (χ2n) is 6.15. The van der Waals surface area contributed by atoms with Gasteiger partial charge in [0.15, 0.2) is 0 Å². The van der Waals surface area contributed by atoms with E-state index in [4.69, 9.17) is 0 Å². The predicted octanol–water partition coefficient (Wildman–Crippen LogP) is 2.93. The second-order valence-corrected chi connectivity index (χ2v) is 6.15. The molecular formula is C17H23N3O. The standard InChI is InChI=1S/C17H23N3O/c1-3-16-18-14-7-6-13(9-15(14)19-16)10-17(21)20-8-4-5-12(2)11-20/h6-7,9,12H,3-5,8,10-11H2,1-2H3,(H,18,19). The van der Waals surface area contributed by atoms with Gasteiger partial charge in [0, 0.05) is 19.5 Å². The molecule has 1 aliphatic rings. The molecule has 1 fully saturated rings. The lowest BCUT2D eigenvalue weighted by Gasteiger charge is -2.31. The number of nitrogens with one attached hydrogen (secondary N) is 1. The average molecular weight is 285 g/mol. The third-order valence-corrected chi connectivity index (χ3v) is 4.30. The number of carbonyl (C=O) groups excluding carboxylic acids is 1. The lowest BCUT2D eigenvalue weighted by molar-refractivity contribution is -0.132. The van der Waals surface area contributed by atoms with Gasteiger partial charge in [-0.2, -0.15) is 0 Å². The number of imidazole rings is 1. The maximum Gasteiger partial charge on any atom is 0.226 e. The molecule has 112 valence electrons. The highest BCUT2D eigenvalue weighted by Crippen LogP contribution is 2.18. The number of carbonyl (C=O) groups is 1. The van der Waals surface area contributed by atoms with Gasteiger partial charge in [-0.3, -0.25) is 4.79 Å². The summed E-state index contributed by atoms with van der Waals surface area (Å²) in [5.41, 5.74) is 3.08. The zero-order valence-electron chi connectivity index (χ0n) is 12.9. The maximum atomic E-state index is 12.4. The number of piperidine rings is 1. The van der Waals surface area contributed by atoms with Gasteiger partial charge >= 0.3 is 0 Å². The second kappa shape index (κ2) is 5.88. The first kappa shape index (κ1) is 14.1. The summed E-state index contributed by atoms with van der Waals surface area (Å²) < 4.78 is 0. The number of benzene rings is 1. The summed E-state index contributed by atoms with van der Waals surface area (Å²) >= 11 is 0. The van der Waals surface area contributed by atoms with Gasteiger partial charge in [-0.05, 0) is 36.5 Å². The number of rotatable bonds is 3. The van der Waals surface area contributed by atoms with Crippen LogP contribution in [0.4, 0.5) is 0 Å². The fourth-order valence-electron chi connectivity index (χ4n) is 3.09. The van der Waals surface area contributed by atoms with Gasteiger partial charge in [-0.1, -0.05) is 19.9 Å². The zero-order valence-corrected chi connectivity index (χ0v) is 12.9. The Morgan fingerprint density at radius 1 is 1.48 bits per heavy atom. The van der Waals surface area contributed by atoms with Crippen LogP contribution in [0.25, 0.3) is 11.0 Å². The molecule has 4 heteroatoms. The van der Waals surface area contributed by atoms with Gasteiger partial charge < -0.3 is 9.88 Å². The van der Waals surface area contributed by atoms with Crippen LogP contribution >= 0.6 is 0 Å². The normalized spacial score (nSPS) is 19.1. The molecule has 0 saturated carbocycles. The first-order valence-corrected chi connectivity index (χ1v) is 7.91. The van der Waals surface area contributed by atoms with E-state index in [1.165, 1.54) is 6.42 Å². The van der Waals surface area contributed by atoms with E-state index in [9.17, 15) is 4.79 Å². The van der Waals surface area contributed by atoms with Crippen LogP contribution in [-0.4, -0.2) is 33.9 Å². The zero-order chi connectivity index (χ0) is 14.8. The first-order valence-electron chi connectivity index (χ1n) is 7.91. The molecule has 1 saturated heterocycles. The molecule has 0 spiro atoms. The van der Waals surface area contributed by atoms with Gasteiger partial charge in [0.25, 0.3) is 0 Å². The van der Waals surface area contributed by atoms with Crippen molar-refractivity contribution in [2.45, 2.75) is 39.5 Å². The third-order valence-electron chi connectivity index (χ3n) is 4.30. The fraction of sp³-hybridized carbons (Fsp3) is 0.529. The van der Waals surface area contributed by atoms with Crippen molar-refractivity contribution in [3.8, 4) is 0 Å². The highest BCUT2D eigenvalue weighted by molar-refractivity contribution is 5.82. The number of nitrogens with zero attached hydrogens (tertiary/aromatic N) is 2. The Labute approximate surface area is 125 Å². The number of likely N-dealkylation sites (tertiary alicyclic amines) is 1. The van der Waals surface area contributed by atoms with E-state index in [1.54, 1.807) is 0 Å². The number of hydrogen-bond acceptors (Lipinski definition) is 2. The van der Waals surface area contributed by atoms with Crippen LogP contribution in [0.3, 0.4) is 0 Å². The van der Waals surface area contributed by atoms with E-state index in [0.29, 0.717) is 12.3 Å². The molecule has 0 bridgehead atoms. The summed E-state index contributed by atoms with van der Waals surface area (Å²) in [5, 5.41) is 0. The van der Waals surface area contributed by atoms with E-state index in [0.717, 1.165) is 48.4 Å². The van der Waals surface area contributed by atoms with Crippen molar-refractivity contribution in [2.24, 2.45) is 5.92 Å². The molecule has 1 aromatic heterocycles. The summed E-state index contributed by atoms with van der Waals surface area (Å²) in [5.74, 6) is 1.87. The molecule has 1 N–H and O–H groups in total. The van der Waals surface area contributed by atoms with Crippen LogP contribution in [-0.2, 0) is 17.6 Å². The molecule has 1 atom stereocenters. The van der Waals surface area contributed by atoms with E-state index in [-0.39, 0.29) is 5.91 Å². The molecule has 0 radical (unpaired) electrons. The molecule has 3 rings (SSSR count). The van der Waals surface area contributed by atoms with Gasteiger partial charge in [0.2, 0.25) is 5.91 Å². The van der Waals surface area contributed by atoms with E-state index in [1.807, 2.05) is 17.0 Å². The molecule has 0 aliphatic carbocycles. The lowest BCUT2D eigenvalue weighted by atomic mass is 9.99. The first-order chi connectivity index (χ1) is 10.2. The molecular weight excluding hydrogens is 262 g/mol. The molecule has 21 heavy (non-hydrogen) atoms. The van der Waals surface area contributed by atoms with Crippen molar-refractivity contribution in [1.82, 2.24) is 14.9 Å². The molecule has 1 aliphatic heterocycles. The Balaban J connectivity index is 1.73. The maximum absolute atomic E-state index is 12.4. The smallest absolute Gasteiger partial charge is 0.226 e. The highest BCUT2D eigenvalue weighted by atomic mass is 16.2. The number of fused-ring (bicyclic) bond motifs is 1. The number of aromatic nitrogens is 2. The Morgan fingerprint density at radius 2 is 2.33 bits per heavy atom. The topological polar surface area (TPSA) is 49.0 Å². The van der Waals surface area contributed by atoms with Crippen LogP contribution < -0.4 is 0 Å². The minimum absolute atomic E-state index is 0.246. The molecule has 1 unspecified atom stereocenters. The minimum Gasteiger partial charge on any atom is -0.342 e. The van der Waals surface area contributed by atoms with Crippen molar-refractivity contribution in [3.63, 3.8) is 0 Å². The lowest BCUT2D eigenvalue weighted by Crippen LogP contribution is -2.39. The van der Waals surface area contributed by atoms with Crippen LogP contribution in [0.15, 0.2) is 18.2 Å². The molecule has 1 aromatic carbocycles. The summed E-state index contributed by atoms with van der Waals surface area (Å²) in [4.78, 5) is 22.2. The van der Waals surface area contributed by atoms with E-state index >= 15 is 0 Å². The fourth-order valence-corrected chi connectivity index (χ4v) is 3.09. The van der Waals surface area contributed by atoms with Crippen molar-refractivity contribution >= 4 is 16.9 Å². The average Bonchev–Trinajstić information content (AvgIpc) is 2.89. The van der Waals surface area contributed by atoms with Gasteiger partial charge in [-0.25, -0.2) is 4.98 Å². The van der Waals surface area contributed by atoms with Crippen molar-refractivity contribution in [1.29, 1.82) is 0 Å². The molecule has 1 amide bonds. The monoisotopic (exact) mass is 285 g/mol. The van der Waals surface area contributed by atoms with E-state index < -0.39 is 0 Å². The van der Waals surface area contributed by atoms with Crippen molar-refractivity contribution in [3.05, 3.63) is 29.6 Å². The number of aromatic amines is 1. The van der Waals surface area contributed by atoms with Crippen molar-refractivity contribution in [2.75, 3.05) is 13.1 Å². The number of amides is 1. The molecule has 2 heterocycles. The number of hydrogen-bond donors (Lipinski definition) is 1. The number of aryl methyl sites for hydroxylation is 1. The van der Waals surface area contributed by atoms with Crippen LogP contribution in [0, 0.1) is 5.92 Å². The summed E-state index contributed by atoms with van der Waals surface area (Å²) in [6.45, 7) is 6.13.